The van der Waals surface area contributed by atoms with Crippen molar-refractivity contribution >= 4 is 33.1 Å². The zero-order chi connectivity index (χ0) is 19.4. The Hall–Kier alpha value is -2.16. The molecule has 0 bridgehead atoms. The normalized spacial score (nSPS) is 13.1. The van der Waals surface area contributed by atoms with Gasteiger partial charge in [-0.15, -0.1) is 11.3 Å². The first-order chi connectivity index (χ1) is 12.9. The van der Waals surface area contributed by atoms with Crippen LogP contribution in [0.25, 0.3) is 20.8 Å². The Morgan fingerprint density at radius 1 is 1.33 bits per heavy atom. The number of hydrogen-bond acceptors (Lipinski definition) is 7. The highest BCUT2D eigenvalue weighted by atomic mass is 32.1. The zero-order valence-corrected chi connectivity index (χ0v) is 17.0. The minimum Gasteiger partial charge on any atom is -0.396 e. The molecule has 7 nitrogen and oxygen atoms in total. The second-order valence-electron chi connectivity index (χ2n) is 7.61. The van der Waals surface area contributed by atoms with E-state index in [1.807, 2.05) is 12.1 Å². The van der Waals surface area contributed by atoms with Crippen LogP contribution < -0.4 is 10.6 Å². The molecule has 0 aromatic carbocycles. The summed E-state index contributed by atoms with van der Waals surface area (Å²) in [6.07, 6.45) is 1.75. The van der Waals surface area contributed by atoms with Crippen LogP contribution in [0.15, 0.2) is 24.4 Å². The molecule has 3 rings (SSSR count). The van der Waals surface area contributed by atoms with Gasteiger partial charge in [-0.25, -0.2) is 4.98 Å². The van der Waals surface area contributed by atoms with E-state index in [9.17, 15) is 5.11 Å². The molecule has 0 amide bonds. The molecule has 27 heavy (non-hydrogen) atoms. The van der Waals surface area contributed by atoms with Gasteiger partial charge in [-0.1, -0.05) is 0 Å². The maximum atomic E-state index is 9.53. The molecule has 8 heteroatoms. The lowest BCUT2D eigenvalue weighted by Crippen LogP contribution is -2.27. The van der Waals surface area contributed by atoms with Gasteiger partial charge in [0, 0.05) is 44.0 Å². The Balaban J connectivity index is 1.96. The monoisotopic (exact) mass is 389 g/mol. The first kappa shape index (κ1) is 19.6. The molecule has 0 aliphatic rings. The average molecular weight is 390 g/mol. The second kappa shape index (κ2) is 8.24. The van der Waals surface area contributed by atoms with E-state index in [0.29, 0.717) is 13.2 Å². The first-order valence-electron chi connectivity index (χ1n) is 8.96. The molecule has 1 unspecified atom stereocenters. The number of thiophene rings is 1. The minimum absolute atomic E-state index is 0.0317. The summed E-state index contributed by atoms with van der Waals surface area (Å²) < 4.78 is 6.26. The molecule has 0 saturated carbocycles. The van der Waals surface area contributed by atoms with Crippen molar-refractivity contribution in [1.82, 2.24) is 15.2 Å². The summed E-state index contributed by atoms with van der Waals surface area (Å²) in [7, 11) is 1.65. The van der Waals surface area contributed by atoms with Crippen LogP contribution in [0.2, 0.25) is 0 Å². The third-order valence-electron chi connectivity index (χ3n) is 3.99. The molecule has 1 atom stereocenters. The number of rotatable bonds is 8. The maximum absolute atomic E-state index is 9.53. The zero-order valence-electron chi connectivity index (χ0n) is 16.2. The van der Waals surface area contributed by atoms with Gasteiger partial charge in [-0.3, -0.25) is 5.10 Å². The van der Waals surface area contributed by atoms with E-state index in [2.05, 4.69) is 47.7 Å². The topological polar surface area (TPSA) is 95.1 Å². The molecule has 3 aromatic heterocycles. The summed E-state index contributed by atoms with van der Waals surface area (Å²) in [6.45, 7) is 7.53. The van der Waals surface area contributed by atoms with Gasteiger partial charge in [-0.2, -0.15) is 5.10 Å². The van der Waals surface area contributed by atoms with Gasteiger partial charge < -0.3 is 20.5 Å². The van der Waals surface area contributed by atoms with E-state index in [1.54, 1.807) is 24.6 Å². The van der Waals surface area contributed by atoms with Crippen molar-refractivity contribution < 1.29 is 9.84 Å². The number of pyridine rings is 1. The van der Waals surface area contributed by atoms with Gasteiger partial charge >= 0.3 is 0 Å². The molecule has 0 aliphatic carbocycles. The lowest BCUT2D eigenvalue weighted by Gasteiger charge is -2.22. The van der Waals surface area contributed by atoms with Crippen molar-refractivity contribution in [2.75, 3.05) is 37.5 Å². The third kappa shape index (κ3) is 4.97. The molecule has 0 spiro atoms. The molecule has 3 aromatic rings. The minimum atomic E-state index is -0.0934. The van der Waals surface area contributed by atoms with Crippen LogP contribution in [0.5, 0.6) is 0 Å². The second-order valence-corrected chi connectivity index (χ2v) is 8.66. The lowest BCUT2D eigenvalue weighted by atomic mass is 10.1. The van der Waals surface area contributed by atoms with Crippen molar-refractivity contribution in [3.05, 3.63) is 24.4 Å². The summed E-state index contributed by atoms with van der Waals surface area (Å²) in [5.74, 6) is 0.850. The Bertz CT molecular complexity index is 870. The number of methoxy groups -OCH3 is 1. The Morgan fingerprint density at radius 3 is 2.78 bits per heavy atom. The molecule has 146 valence electrons. The molecular weight excluding hydrogens is 362 g/mol. The highest BCUT2D eigenvalue weighted by Gasteiger charge is 2.16. The van der Waals surface area contributed by atoms with E-state index in [0.717, 1.165) is 32.3 Å². The highest BCUT2D eigenvalue weighted by molar-refractivity contribution is 7.22. The van der Waals surface area contributed by atoms with Gasteiger partial charge in [0.25, 0.3) is 0 Å². The standard InChI is InChI=1S/C19H27N5O2S/c1-19(2,3)23-17-8-14(20-9-12(10-25)11-26-4)18-15(22-17)7-16(27-18)13-5-6-21-24-13/h5-8,12,25H,9-11H2,1-4H3,(H,21,24)(H2,20,22,23). The first-order valence-corrected chi connectivity index (χ1v) is 9.77. The molecule has 0 aliphatic heterocycles. The number of nitrogens with one attached hydrogen (secondary N) is 3. The smallest absolute Gasteiger partial charge is 0.129 e. The van der Waals surface area contributed by atoms with Crippen LogP contribution in [0.1, 0.15) is 20.8 Å². The summed E-state index contributed by atoms with van der Waals surface area (Å²) in [6, 6.07) is 6.06. The van der Waals surface area contributed by atoms with Crippen LogP contribution in [-0.2, 0) is 4.74 Å². The Morgan fingerprint density at radius 2 is 2.15 bits per heavy atom. The fraction of sp³-hybridized carbons (Fsp3) is 0.474. The number of aliphatic hydroxyl groups is 1. The summed E-state index contributed by atoms with van der Waals surface area (Å²) in [4.78, 5) is 5.87. The van der Waals surface area contributed by atoms with Crippen molar-refractivity contribution in [2.24, 2.45) is 5.92 Å². The van der Waals surface area contributed by atoms with Crippen LogP contribution in [-0.4, -0.2) is 52.7 Å². The van der Waals surface area contributed by atoms with E-state index < -0.39 is 0 Å². The number of aromatic nitrogens is 3. The summed E-state index contributed by atoms with van der Waals surface area (Å²) in [5.41, 5.74) is 2.80. The van der Waals surface area contributed by atoms with Gasteiger partial charge in [-0.05, 0) is 32.9 Å². The highest BCUT2D eigenvalue weighted by Crippen LogP contribution is 2.37. The number of nitrogens with zero attached hydrogens (tertiary/aromatic N) is 2. The maximum Gasteiger partial charge on any atom is 0.129 e. The van der Waals surface area contributed by atoms with Crippen LogP contribution in [0.4, 0.5) is 11.5 Å². The predicted molar refractivity (Wildman–Crippen MR) is 112 cm³/mol. The summed E-state index contributed by atoms with van der Waals surface area (Å²) >= 11 is 1.66. The van der Waals surface area contributed by atoms with Crippen molar-refractivity contribution in [1.29, 1.82) is 0 Å². The van der Waals surface area contributed by atoms with Crippen molar-refractivity contribution in [2.45, 2.75) is 26.3 Å². The van der Waals surface area contributed by atoms with Crippen LogP contribution in [0.3, 0.4) is 0 Å². The SMILES string of the molecule is COCC(CO)CNc1cc(NC(C)(C)C)nc2cc(-c3ccn[nH]3)sc12. The number of H-pyrrole nitrogens is 1. The Labute approximate surface area is 163 Å². The number of aliphatic hydroxyl groups excluding tert-OH is 1. The van der Waals surface area contributed by atoms with Crippen molar-refractivity contribution in [3.8, 4) is 10.6 Å². The average Bonchev–Trinajstić information content (AvgIpc) is 3.25. The van der Waals surface area contributed by atoms with E-state index in [-0.39, 0.29) is 18.1 Å². The van der Waals surface area contributed by atoms with Gasteiger partial charge in [0.2, 0.25) is 0 Å². The van der Waals surface area contributed by atoms with E-state index >= 15 is 0 Å². The van der Waals surface area contributed by atoms with E-state index in [4.69, 9.17) is 9.72 Å². The Kier molecular flexibility index (Phi) is 5.98. The van der Waals surface area contributed by atoms with Gasteiger partial charge in [0.05, 0.1) is 33.1 Å². The fourth-order valence-corrected chi connectivity index (χ4v) is 3.86. The fourth-order valence-electron chi connectivity index (χ4n) is 2.79. The van der Waals surface area contributed by atoms with Crippen LogP contribution in [0, 0.1) is 5.92 Å². The quantitative estimate of drug-likeness (QED) is 0.470. The third-order valence-corrected chi connectivity index (χ3v) is 5.18. The number of anilines is 2. The predicted octanol–water partition coefficient (Wildman–Crippen LogP) is 3.56. The van der Waals surface area contributed by atoms with Gasteiger partial charge in [0.15, 0.2) is 0 Å². The molecule has 0 fully saturated rings. The molecule has 0 radical (unpaired) electrons. The molecule has 0 saturated heterocycles. The summed E-state index contributed by atoms with van der Waals surface area (Å²) in [5, 5.41) is 23.5. The number of ether oxygens (including phenoxy) is 1. The van der Waals surface area contributed by atoms with Crippen LogP contribution >= 0.6 is 11.3 Å². The van der Waals surface area contributed by atoms with E-state index in [1.165, 1.54) is 0 Å². The molecule has 4 N–H and O–H groups in total. The molecular formula is C19H27N5O2S. The van der Waals surface area contributed by atoms with Gasteiger partial charge in [0.1, 0.15) is 5.82 Å². The van der Waals surface area contributed by atoms with Crippen molar-refractivity contribution in [3.63, 3.8) is 0 Å². The number of fused-ring (bicyclic) bond motifs is 1. The number of hydrogen-bond donors (Lipinski definition) is 4. The number of aromatic amines is 1. The largest absolute Gasteiger partial charge is 0.396 e. The molecule has 3 heterocycles. The lowest BCUT2D eigenvalue weighted by molar-refractivity contribution is 0.116.